The number of rotatable bonds is 7. The van der Waals surface area contributed by atoms with Crippen LogP contribution in [0.5, 0.6) is 5.75 Å². The van der Waals surface area contributed by atoms with E-state index in [0.717, 1.165) is 34.6 Å². The summed E-state index contributed by atoms with van der Waals surface area (Å²) in [6.45, 7) is 5.44. The molecule has 6 heteroatoms. The molecule has 1 aromatic heterocycles. The number of esters is 1. The molecule has 2 aromatic carbocycles. The fourth-order valence-corrected chi connectivity index (χ4v) is 3.34. The number of fused-ring (bicyclic) bond motifs is 1. The molecule has 0 saturated heterocycles. The van der Waals surface area contributed by atoms with Gasteiger partial charge in [0, 0.05) is 28.3 Å². The minimum absolute atomic E-state index is 0.324. The van der Waals surface area contributed by atoms with Crippen LogP contribution in [0.4, 0.5) is 0 Å². The molecule has 0 aliphatic rings. The molecule has 0 atom stereocenters. The molecule has 28 heavy (non-hydrogen) atoms. The molecule has 0 radical (unpaired) electrons. The topological polar surface area (TPSA) is 43.7 Å². The van der Waals surface area contributed by atoms with Gasteiger partial charge in [-0.3, -0.25) is 0 Å². The summed E-state index contributed by atoms with van der Waals surface area (Å²) >= 11 is 6.04. The summed E-state index contributed by atoms with van der Waals surface area (Å²) in [7, 11) is 4.00. The zero-order chi connectivity index (χ0) is 20.3. The molecular formula is C22H25ClN2O3. The predicted octanol–water partition coefficient (Wildman–Crippen LogP) is 4.71. The van der Waals surface area contributed by atoms with E-state index in [1.165, 1.54) is 0 Å². The monoisotopic (exact) mass is 400 g/mol. The van der Waals surface area contributed by atoms with Crippen molar-refractivity contribution in [2.45, 2.75) is 13.8 Å². The molecule has 0 spiro atoms. The van der Waals surface area contributed by atoms with Crippen LogP contribution in [0.1, 0.15) is 23.0 Å². The van der Waals surface area contributed by atoms with Crippen LogP contribution < -0.4 is 4.74 Å². The Kier molecular flexibility index (Phi) is 6.27. The van der Waals surface area contributed by atoms with Gasteiger partial charge >= 0.3 is 5.97 Å². The molecule has 0 unspecified atom stereocenters. The van der Waals surface area contributed by atoms with Crippen LogP contribution in [0.3, 0.4) is 0 Å². The first-order valence-electron chi connectivity index (χ1n) is 9.28. The van der Waals surface area contributed by atoms with E-state index < -0.39 is 0 Å². The van der Waals surface area contributed by atoms with Gasteiger partial charge in [-0.15, -0.1) is 0 Å². The minimum Gasteiger partial charge on any atom is -0.492 e. The van der Waals surface area contributed by atoms with Crippen LogP contribution in [0.2, 0.25) is 5.02 Å². The normalized spacial score (nSPS) is 11.2. The summed E-state index contributed by atoms with van der Waals surface area (Å²) < 4.78 is 13.2. The second-order valence-corrected chi connectivity index (χ2v) is 7.26. The minimum atomic E-state index is -0.330. The number of benzene rings is 2. The molecular weight excluding hydrogens is 376 g/mol. The Bertz CT molecular complexity index is 978. The fourth-order valence-electron chi connectivity index (χ4n) is 3.22. The summed E-state index contributed by atoms with van der Waals surface area (Å²) in [5, 5.41) is 1.48. The third kappa shape index (κ3) is 4.16. The van der Waals surface area contributed by atoms with Crippen LogP contribution in [-0.4, -0.2) is 49.3 Å². The lowest BCUT2D eigenvalue weighted by Gasteiger charge is -2.11. The maximum atomic E-state index is 12.7. The van der Waals surface area contributed by atoms with Crippen molar-refractivity contribution in [3.8, 4) is 11.4 Å². The smallest absolute Gasteiger partial charge is 0.340 e. The van der Waals surface area contributed by atoms with Crippen molar-refractivity contribution in [1.82, 2.24) is 9.47 Å². The van der Waals surface area contributed by atoms with Crippen molar-refractivity contribution < 1.29 is 14.3 Å². The highest BCUT2D eigenvalue weighted by Gasteiger charge is 2.22. The highest BCUT2D eigenvalue weighted by molar-refractivity contribution is 6.30. The Balaban J connectivity index is 2.12. The van der Waals surface area contributed by atoms with E-state index in [0.29, 0.717) is 23.8 Å². The first-order valence-corrected chi connectivity index (χ1v) is 9.65. The van der Waals surface area contributed by atoms with Crippen molar-refractivity contribution >= 4 is 28.5 Å². The number of nitrogens with zero attached hydrogens (tertiary/aromatic N) is 2. The quantitative estimate of drug-likeness (QED) is 0.539. The molecule has 3 rings (SSSR count). The maximum Gasteiger partial charge on any atom is 0.340 e. The molecule has 148 valence electrons. The first-order chi connectivity index (χ1) is 13.4. The highest BCUT2D eigenvalue weighted by atomic mass is 35.5. The molecule has 0 aliphatic carbocycles. The third-order valence-electron chi connectivity index (χ3n) is 4.55. The molecule has 0 N–H and O–H groups in total. The molecule has 0 saturated carbocycles. The molecule has 0 fully saturated rings. The van der Waals surface area contributed by atoms with Crippen molar-refractivity contribution in [1.29, 1.82) is 0 Å². The van der Waals surface area contributed by atoms with E-state index in [-0.39, 0.29) is 5.97 Å². The standard InChI is InChI=1S/C22H25ClN2O3/c1-5-27-22(26)21-15(2)25(17-8-6-16(23)7-9-17)20-11-10-18(14-19(20)21)28-13-12-24(3)4/h6-11,14H,5,12-13H2,1-4H3. The van der Waals surface area contributed by atoms with Crippen molar-refractivity contribution in [2.75, 3.05) is 33.9 Å². The van der Waals surface area contributed by atoms with E-state index in [9.17, 15) is 4.79 Å². The average Bonchev–Trinajstić information content (AvgIpc) is 2.93. The lowest BCUT2D eigenvalue weighted by Crippen LogP contribution is -2.19. The second-order valence-electron chi connectivity index (χ2n) is 6.82. The summed E-state index contributed by atoms with van der Waals surface area (Å²) in [5.74, 6) is 0.399. The van der Waals surface area contributed by atoms with Crippen LogP contribution in [0, 0.1) is 6.92 Å². The van der Waals surface area contributed by atoms with Crippen molar-refractivity contribution in [3.05, 3.63) is 58.7 Å². The molecule has 0 amide bonds. The summed E-state index contributed by atoms with van der Waals surface area (Å²) in [4.78, 5) is 14.7. The second kappa shape index (κ2) is 8.67. The van der Waals surface area contributed by atoms with Gasteiger partial charge in [0.15, 0.2) is 0 Å². The van der Waals surface area contributed by atoms with Crippen molar-refractivity contribution in [3.63, 3.8) is 0 Å². The lowest BCUT2D eigenvalue weighted by atomic mass is 10.1. The van der Waals surface area contributed by atoms with Crippen molar-refractivity contribution in [2.24, 2.45) is 0 Å². The Morgan fingerprint density at radius 2 is 1.86 bits per heavy atom. The summed E-state index contributed by atoms with van der Waals surface area (Å²) in [6, 6.07) is 13.4. The van der Waals surface area contributed by atoms with Gasteiger partial charge in [-0.1, -0.05) is 11.6 Å². The number of hydrogen-bond donors (Lipinski definition) is 0. The van der Waals surface area contributed by atoms with Gasteiger partial charge in [-0.2, -0.15) is 0 Å². The number of carbonyl (C=O) groups is 1. The lowest BCUT2D eigenvalue weighted by molar-refractivity contribution is 0.0527. The van der Waals surface area contributed by atoms with Gasteiger partial charge in [-0.05, 0) is 70.4 Å². The number of aromatic nitrogens is 1. The number of carbonyl (C=O) groups excluding carboxylic acids is 1. The number of ether oxygens (including phenoxy) is 2. The summed E-state index contributed by atoms with van der Waals surface area (Å²) in [5.41, 5.74) is 3.23. The van der Waals surface area contributed by atoms with Gasteiger partial charge < -0.3 is 18.9 Å². The Labute approximate surface area is 170 Å². The van der Waals surface area contributed by atoms with Gasteiger partial charge in [0.2, 0.25) is 0 Å². The van der Waals surface area contributed by atoms with Crippen LogP contribution >= 0.6 is 11.6 Å². The zero-order valence-electron chi connectivity index (χ0n) is 16.7. The van der Waals surface area contributed by atoms with E-state index in [1.54, 1.807) is 6.92 Å². The van der Waals surface area contributed by atoms with Crippen LogP contribution in [0.15, 0.2) is 42.5 Å². The van der Waals surface area contributed by atoms with Gasteiger partial charge in [0.25, 0.3) is 0 Å². The molecule has 3 aromatic rings. The highest BCUT2D eigenvalue weighted by Crippen LogP contribution is 2.33. The first kappa shape index (κ1) is 20.2. The summed E-state index contributed by atoms with van der Waals surface area (Å²) in [6.07, 6.45) is 0. The fraction of sp³-hybridized carbons (Fsp3) is 0.318. The largest absolute Gasteiger partial charge is 0.492 e. The van der Waals surface area contributed by atoms with E-state index >= 15 is 0 Å². The molecule has 0 bridgehead atoms. The van der Waals surface area contributed by atoms with Gasteiger partial charge in [-0.25, -0.2) is 4.79 Å². The van der Waals surface area contributed by atoms with Crippen LogP contribution in [0.25, 0.3) is 16.6 Å². The van der Waals surface area contributed by atoms with E-state index in [1.807, 2.05) is 68.1 Å². The van der Waals surface area contributed by atoms with E-state index in [2.05, 4.69) is 4.90 Å². The van der Waals surface area contributed by atoms with Gasteiger partial charge in [0.1, 0.15) is 12.4 Å². The number of hydrogen-bond acceptors (Lipinski definition) is 4. The molecule has 0 aliphatic heterocycles. The molecule has 1 heterocycles. The zero-order valence-corrected chi connectivity index (χ0v) is 17.4. The third-order valence-corrected chi connectivity index (χ3v) is 4.80. The number of likely N-dealkylation sites (N-methyl/N-ethyl adjacent to an activating group) is 1. The van der Waals surface area contributed by atoms with Crippen LogP contribution in [-0.2, 0) is 4.74 Å². The molecule has 5 nitrogen and oxygen atoms in total. The maximum absolute atomic E-state index is 12.7. The number of halogens is 1. The Hall–Kier alpha value is -2.50. The van der Waals surface area contributed by atoms with E-state index in [4.69, 9.17) is 21.1 Å². The predicted molar refractivity (Wildman–Crippen MR) is 113 cm³/mol. The average molecular weight is 401 g/mol. The SMILES string of the molecule is CCOC(=O)c1c(C)n(-c2ccc(Cl)cc2)c2ccc(OCCN(C)C)cc12. The Morgan fingerprint density at radius 3 is 2.50 bits per heavy atom. The van der Waals surface area contributed by atoms with Gasteiger partial charge in [0.05, 0.1) is 17.7 Å². The Morgan fingerprint density at radius 1 is 1.14 bits per heavy atom.